The summed E-state index contributed by atoms with van der Waals surface area (Å²) in [5.41, 5.74) is 1.30. The first-order valence-electron chi connectivity index (χ1n) is 5.86. The summed E-state index contributed by atoms with van der Waals surface area (Å²) >= 11 is 5.92. The Bertz CT molecular complexity index is 668. The number of hydrogen-bond acceptors (Lipinski definition) is 5. The maximum Gasteiger partial charge on any atom is 0.251 e. The van der Waals surface area contributed by atoms with Crippen molar-refractivity contribution < 1.29 is 9.53 Å². The van der Waals surface area contributed by atoms with Gasteiger partial charge in [-0.3, -0.25) is 4.79 Å². The molecule has 1 aromatic carbocycles. The van der Waals surface area contributed by atoms with Gasteiger partial charge >= 0.3 is 0 Å². The van der Waals surface area contributed by atoms with E-state index in [1.807, 2.05) is 0 Å². The Morgan fingerprint density at radius 3 is 3.20 bits per heavy atom. The zero-order valence-corrected chi connectivity index (χ0v) is 11.0. The van der Waals surface area contributed by atoms with Gasteiger partial charge in [0.2, 0.25) is 0 Å². The zero-order valence-electron chi connectivity index (χ0n) is 10.3. The van der Waals surface area contributed by atoms with Crippen LogP contribution in [-0.4, -0.2) is 33.1 Å². The Balaban J connectivity index is 1.72. The molecule has 0 unspecified atom stereocenters. The molecule has 2 aromatic rings. The number of halogens is 1. The molecule has 1 aliphatic heterocycles. The van der Waals surface area contributed by atoms with Gasteiger partial charge in [-0.25, -0.2) is 0 Å². The van der Waals surface area contributed by atoms with E-state index in [1.54, 1.807) is 24.3 Å². The number of aromatic amines is 1. The van der Waals surface area contributed by atoms with Gasteiger partial charge in [0, 0.05) is 10.6 Å². The average Bonchev–Trinajstić information content (AvgIpc) is 2.97. The molecule has 8 heteroatoms. The van der Waals surface area contributed by atoms with Crippen LogP contribution in [0.25, 0.3) is 6.08 Å². The summed E-state index contributed by atoms with van der Waals surface area (Å²) in [4.78, 5) is 12.0. The van der Waals surface area contributed by atoms with E-state index in [9.17, 15) is 4.79 Å². The molecule has 1 aliphatic rings. The van der Waals surface area contributed by atoms with Crippen LogP contribution in [0, 0.1) is 0 Å². The van der Waals surface area contributed by atoms with Crippen LogP contribution in [0.15, 0.2) is 23.8 Å². The third kappa shape index (κ3) is 2.62. The van der Waals surface area contributed by atoms with Gasteiger partial charge in [0.05, 0.1) is 12.1 Å². The second-order valence-corrected chi connectivity index (χ2v) is 4.59. The van der Waals surface area contributed by atoms with Gasteiger partial charge in [-0.15, -0.1) is 10.2 Å². The summed E-state index contributed by atoms with van der Waals surface area (Å²) in [5.74, 6) is 0.892. The number of nitrogens with zero attached hydrogens (tertiary/aromatic N) is 3. The lowest BCUT2D eigenvalue weighted by molar-refractivity contribution is -0.118. The maximum absolute atomic E-state index is 12.0. The monoisotopic (exact) mass is 291 g/mol. The van der Waals surface area contributed by atoms with Crippen LogP contribution >= 0.6 is 11.6 Å². The summed E-state index contributed by atoms with van der Waals surface area (Å²) in [6.07, 6.45) is 1.76. The summed E-state index contributed by atoms with van der Waals surface area (Å²) in [5, 5.41) is 16.5. The summed E-state index contributed by atoms with van der Waals surface area (Å²) in [7, 11) is 0. The van der Waals surface area contributed by atoms with Crippen LogP contribution in [0.3, 0.4) is 0 Å². The molecule has 0 aliphatic carbocycles. The maximum atomic E-state index is 12.0. The van der Waals surface area contributed by atoms with Crippen LogP contribution in [-0.2, 0) is 11.3 Å². The van der Waals surface area contributed by atoms with E-state index in [-0.39, 0.29) is 19.1 Å². The Hall–Kier alpha value is -2.41. The highest BCUT2D eigenvalue weighted by Crippen LogP contribution is 2.28. The largest absolute Gasteiger partial charge is 0.488 e. The number of tetrazole rings is 1. The summed E-state index contributed by atoms with van der Waals surface area (Å²) < 4.78 is 5.51. The lowest BCUT2D eigenvalue weighted by atomic mass is 10.1. The highest BCUT2D eigenvalue weighted by molar-refractivity contribution is 6.30. The molecule has 2 heterocycles. The van der Waals surface area contributed by atoms with Crippen LogP contribution < -0.4 is 10.1 Å². The van der Waals surface area contributed by atoms with E-state index in [0.717, 1.165) is 5.56 Å². The Labute approximate surface area is 119 Å². The topological polar surface area (TPSA) is 92.8 Å². The molecule has 0 saturated heterocycles. The van der Waals surface area contributed by atoms with Gasteiger partial charge in [-0.2, -0.15) is 5.21 Å². The second kappa shape index (κ2) is 5.30. The molecular formula is C12H10ClN5O2. The number of amides is 1. The average molecular weight is 292 g/mol. The molecule has 0 saturated carbocycles. The molecular weight excluding hydrogens is 282 g/mol. The third-order valence-electron chi connectivity index (χ3n) is 2.77. The van der Waals surface area contributed by atoms with Gasteiger partial charge in [-0.05, 0) is 24.3 Å². The molecule has 0 spiro atoms. The smallest absolute Gasteiger partial charge is 0.251 e. The minimum absolute atomic E-state index is 0.203. The molecule has 1 aromatic heterocycles. The van der Waals surface area contributed by atoms with Crippen molar-refractivity contribution in [2.45, 2.75) is 6.54 Å². The lowest BCUT2D eigenvalue weighted by Gasteiger charge is -2.17. The van der Waals surface area contributed by atoms with Crippen LogP contribution in [0.1, 0.15) is 11.4 Å². The van der Waals surface area contributed by atoms with E-state index in [4.69, 9.17) is 16.3 Å². The van der Waals surface area contributed by atoms with Gasteiger partial charge in [0.1, 0.15) is 12.4 Å². The number of benzene rings is 1. The predicted molar refractivity (Wildman–Crippen MR) is 70.9 cm³/mol. The number of carbonyl (C=O) groups excluding carboxylic acids is 1. The molecule has 0 atom stereocenters. The molecule has 0 bridgehead atoms. The van der Waals surface area contributed by atoms with Crippen LogP contribution in [0.4, 0.5) is 0 Å². The van der Waals surface area contributed by atoms with E-state index in [1.165, 1.54) is 0 Å². The number of H-pyrrole nitrogens is 1. The number of nitrogens with one attached hydrogen (secondary N) is 2. The minimum Gasteiger partial charge on any atom is -0.488 e. The van der Waals surface area contributed by atoms with E-state index >= 15 is 0 Å². The quantitative estimate of drug-likeness (QED) is 0.878. The highest BCUT2D eigenvalue weighted by Gasteiger charge is 2.17. The van der Waals surface area contributed by atoms with Gasteiger partial charge in [0.15, 0.2) is 5.82 Å². The summed E-state index contributed by atoms with van der Waals surface area (Å²) in [6.45, 7) is 0.418. The number of aromatic nitrogens is 4. The van der Waals surface area contributed by atoms with Crippen molar-refractivity contribution in [2.75, 3.05) is 6.61 Å². The fourth-order valence-electron chi connectivity index (χ4n) is 1.81. The molecule has 7 nitrogen and oxygen atoms in total. The van der Waals surface area contributed by atoms with E-state index < -0.39 is 0 Å². The third-order valence-corrected chi connectivity index (χ3v) is 3.01. The molecule has 20 heavy (non-hydrogen) atoms. The second-order valence-electron chi connectivity index (χ2n) is 4.15. The van der Waals surface area contributed by atoms with Crippen LogP contribution in [0.5, 0.6) is 5.75 Å². The Morgan fingerprint density at radius 2 is 2.40 bits per heavy atom. The number of ether oxygens (including phenoxy) is 1. The van der Waals surface area contributed by atoms with Crippen molar-refractivity contribution in [3.05, 3.63) is 40.2 Å². The van der Waals surface area contributed by atoms with Crippen molar-refractivity contribution in [3.63, 3.8) is 0 Å². The Kier molecular flexibility index (Phi) is 3.34. The SMILES string of the molecule is O=C(NCc1nn[nH]n1)C1=Cc2cc(Cl)ccc2OC1. The molecule has 0 fully saturated rings. The van der Waals surface area contributed by atoms with E-state index in [2.05, 4.69) is 25.9 Å². The number of rotatable bonds is 3. The first-order chi connectivity index (χ1) is 9.72. The zero-order chi connectivity index (χ0) is 13.9. The van der Waals surface area contributed by atoms with E-state index in [0.29, 0.717) is 22.2 Å². The fraction of sp³-hybridized carbons (Fsp3) is 0.167. The predicted octanol–water partition coefficient (Wildman–Crippen LogP) is 0.945. The molecule has 3 rings (SSSR count). The fourth-order valence-corrected chi connectivity index (χ4v) is 1.99. The van der Waals surface area contributed by atoms with Crippen molar-refractivity contribution in [3.8, 4) is 5.75 Å². The summed E-state index contributed by atoms with van der Waals surface area (Å²) in [6, 6.07) is 5.28. The number of fused-ring (bicyclic) bond motifs is 1. The molecule has 102 valence electrons. The van der Waals surface area contributed by atoms with Gasteiger partial charge < -0.3 is 10.1 Å². The first kappa shape index (κ1) is 12.6. The molecule has 1 amide bonds. The lowest BCUT2D eigenvalue weighted by Crippen LogP contribution is -2.28. The van der Waals surface area contributed by atoms with Gasteiger partial charge in [0.25, 0.3) is 5.91 Å². The number of hydrogen-bond donors (Lipinski definition) is 2. The number of carbonyl (C=O) groups is 1. The normalized spacial score (nSPS) is 13.2. The Morgan fingerprint density at radius 1 is 1.50 bits per heavy atom. The van der Waals surface area contributed by atoms with Crippen molar-refractivity contribution >= 4 is 23.6 Å². The van der Waals surface area contributed by atoms with Crippen molar-refractivity contribution in [2.24, 2.45) is 0 Å². The first-order valence-corrected chi connectivity index (χ1v) is 6.23. The minimum atomic E-state index is -0.236. The van der Waals surface area contributed by atoms with Crippen molar-refractivity contribution in [1.82, 2.24) is 25.9 Å². The standard InChI is InChI=1S/C12H10ClN5O2/c13-9-1-2-10-7(4-9)3-8(6-20-10)12(19)14-5-11-15-17-18-16-11/h1-4H,5-6H2,(H,14,19)(H,15,16,17,18). The molecule has 0 radical (unpaired) electrons. The van der Waals surface area contributed by atoms with Crippen molar-refractivity contribution in [1.29, 1.82) is 0 Å². The highest BCUT2D eigenvalue weighted by atomic mass is 35.5. The van der Waals surface area contributed by atoms with Crippen LogP contribution in [0.2, 0.25) is 5.02 Å². The van der Waals surface area contributed by atoms with Gasteiger partial charge in [-0.1, -0.05) is 16.8 Å². The molecule has 2 N–H and O–H groups in total.